The van der Waals surface area contributed by atoms with Gasteiger partial charge in [0.25, 0.3) is 5.91 Å². The van der Waals surface area contributed by atoms with Crippen LogP contribution in [0.5, 0.6) is 11.5 Å². The van der Waals surface area contributed by atoms with E-state index in [0.29, 0.717) is 11.3 Å². The van der Waals surface area contributed by atoms with Gasteiger partial charge in [0.2, 0.25) is 0 Å². The van der Waals surface area contributed by atoms with Crippen LogP contribution >= 0.6 is 15.9 Å². The van der Waals surface area contributed by atoms with Crippen LogP contribution in [-0.4, -0.2) is 25.8 Å². The third-order valence-corrected chi connectivity index (χ3v) is 3.24. The van der Waals surface area contributed by atoms with E-state index in [1.54, 1.807) is 24.3 Å². The van der Waals surface area contributed by atoms with Crippen molar-refractivity contribution in [1.82, 2.24) is 5.43 Å². The maximum atomic E-state index is 13.5. The van der Waals surface area contributed by atoms with E-state index in [-0.39, 0.29) is 12.4 Å². The van der Waals surface area contributed by atoms with Crippen molar-refractivity contribution >= 4 is 28.1 Å². The van der Waals surface area contributed by atoms with Gasteiger partial charge in [-0.05, 0) is 42.0 Å². The number of carbonyl (C=O) groups is 1. The van der Waals surface area contributed by atoms with Crippen LogP contribution in [0.3, 0.4) is 0 Å². The average molecular weight is 381 g/mol. The van der Waals surface area contributed by atoms with E-state index in [4.69, 9.17) is 9.47 Å². The Labute approximate surface area is 141 Å². The van der Waals surface area contributed by atoms with Crippen molar-refractivity contribution in [3.8, 4) is 11.5 Å². The van der Waals surface area contributed by atoms with Crippen LogP contribution in [0.4, 0.5) is 4.39 Å². The highest BCUT2D eigenvalue weighted by molar-refractivity contribution is 9.10. The number of hydrogen-bond acceptors (Lipinski definition) is 4. The molecule has 0 bridgehead atoms. The lowest BCUT2D eigenvalue weighted by Gasteiger charge is -2.05. The van der Waals surface area contributed by atoms with Gasteiger partial charge in [0.05, 0.1) is 13.3 Å². The van der Waals surface area contributed by atoms with Crippen LogP contribution in [0.1, 0.15) is 5.56 Å². The summed E-state index contributed by atoms with van der Waals surface area (Å²) in [6, 6.07) is 11.5. The van der Waals surface area contributed by atoms with E-state index >= 15 is 0 Å². The molecule has 2 rings (SSSR count). The highest BCUT2D eigenvalue weighted by Gasteiger charge is 2.03. The van der Waals surface area contributed by atoms with E-state index < -0.39 is 11.7 Å². The fraction of sp³-hybridized carbons (Fsp3) is 0.125. The first kappa shape index (κ1) is 17.0. The molecule has 0 heterocycles. The largest absolute Gasteiger partial charge is 0.494 e. The molecule has 23 heavy (non-hydrogen) atoms. The van der Waals surface area contributed by atoms with Gasteiger partial charge in [-0.1, -0.05) is 22.0 Å². The van der Waals surface area contributed by atoms with Crippen molar-refractivity contribution < 1.29 is 18.7 Å². The molecule has 120 valence electrons. The first-order chi connectivity index (χ1) is 11.1. The lowest BCUT2D eigenvalue weighted by molar-refractivity contribution is -0.123. The van der Waals surface area contributed by atoms with Crippen LogP contribution < -0.4 is 14.9 Å². The zero-order chi connectivity index (χ0) is 16.7. The second-order valence-corrected chi connectivity index (χ2v) is 5.35. The summed E-state index contributed by atoms with van der Waals surface area (Å²) >= 11 is 3.31. The molecule has 0 radical (unpaired) electrons. The molecular weight excluding hydrogens is 367 g/mol. The molecule has 0 saturated carbocycles. The topological polar surface area (TPSA) is 59.9 Å². The van der Waals surface area contributed by atoms with Gasteiger partial charge in [0.15, 0.2) is 18.2 Å². The van der Waals surface area contributed by atoms with Gasteiger partial charge in [-0.25, -0.2) is 9.82 Å². The zero-order valence-electron chi connectivity index (χ0n) is 12.3. The second kappa shape index (κ2) is 8.28. The fourth-order valence-electron chi connectivity index (χ4n) is 1.68. The van der Waals surface area contributed by atoms with Crippen LogP contribution in [0.25, 0.3) is 0 Å². The minimum absolute atomic E-state index is 0.147. The predicted octanol–water partition coefficient (Wildman–Crippen LogP) is 3.13. The third-order valence-electron chi connectivity index (χ3n) is 2.74. The summed E-state index contributed by atoms with van der Waals surface area (Å²) in [4.78, 5) is 11.6. The van der Waals surface area contributed by atoms with E-state index in [0.717, 1.165) is 4.47 Å². The summed E-state index contributed by atoms with van der Waals surface area (Å²) in [5.41, 5.74) is 2.80. The van der Waals surface area contributed by atoms with Crippen LogP contribution in [0, 0.1) is 5.82 Å². The Morgan fingerprint density at radius 3 is 2.87 bits per heavy atom. The summed E-state index contributed by atoms with van der Waals surface area (Å²) in [6.07, 6.45) is 1.33. The molecule has 7 heteroatoms. The maximum absolute atomic E-state index is 13.5. The minimum Gasteiger partial charge on any atom is -0.494 e. The molecule has 0 unspecified atom stereocenters. The smallest absolute Gasteiger partial charge is 0.277 e. The summed E-state index contributed by atoms with van der Waals surface area (Å²) in [7, 11) is 1.39. The standard InChI is InChI=1S/C16H14BrFN2O3/c1-22-15-6-5-11(7-14(15)18)9-19-20-16(21)10-23-13-4-2-3-12(17)8-13/h2-9H,10H2,1H3,(H,20,21)/b19-9-. The number of ether oxygens (including phenoxy) is 2. The number of rotatable bonds is 6. The van der Waals surface area contributed by atoms with Crippen molar-refractivity contribution in [2.75, 3.05) is 13.7 Å². The van der Waals surface area contributed by atoms with Gasteiger partial charge in [-0.2, -0.15) is 5.10 Å². The molecule has 1 amide bonds. The van der Waals surface area contributed by atoms with E-state index in [9.17, 15) is 9.18 Å². The molecule has 0 aliphatic rings. The average Bonchev–Trinajstić information content (AvgIpc) is 2.53. The first-order valence-corrected chi connectivity index (χ1v) is 7.41. The Morgan fingerprint density at radius 2 is 2.17 bits per heavy atom. The number of amides is 1. The summed E-state index contributed by atoms with van der Waals surface area (Å²) in [6.45, 7) is -0.176. The molecule has 1 N–H and O–H groups in total. The van der Waals surface area contributed by atoms with Crippen molar-refractivity contribution in [1.29, 1.82) is 0 Å². The highest BCUT2D eigenvalue weighted by Crippen LogP contribution is 2.18. The molecule has 0 atom stereocenters. The Morgan fingerprint density at radius 1 is 1.35 bits per heavy atom. The number of nitrogens with zero attached hydrogens (tertiary/aromatic N) is 1. The van der Waals surface area contributed by atoms with E-state index in [2.05, 4.69) is 26.5 Å². The molecular formula is C16H14BrFN2O3. The Hall–Kier alpha value is -2.41. The number of carbonyl (C=O) groups excluding carboxylic acids is 1. The Balaban J connectivity index is 1.83. The quantitative estimate of drug-likeness (QED) is 0.618. The minimum atomic E-state index is -0.499. The molecule has 0 aromatic heterocycles. The number of hydrazone groups is 1. The molecule has 0 spiro atoms. The van der Waals surface area contributed by atoms with Crippen LogP contribution in [0.2, 0.25) is 0 Å². The second-order valence-electron chi connectivity index (χ2n) is 4.43. The van der Waals surface area contributed by atoms with Gasteiger partial charge in [0.1, 0.15) is 5.75 Å². The molecule has 2 aromatic carbocycles. The Kier molecular flexibility index (Phi) is 6.10. The lowest BCUT2D eigenvalue weighted by Crippen LogP contribution is -2.24. The predicted molar refractivity (Wildman–Crippen MR) is 88.3 cm³/mol. The molecule has 5 nitrogen and oxygen atoms in total. The molecule has 0 aliphatic carbocycles. The van der Waals surface area contributed by atoms with Gasteiger partial charge in [0, 0.05) is 4.47 Å². The van der Waals surface area contributed by atoms with Crippen molar-refractivity contribution in [2.24, 2.45) is 5.10 Å². The maximum Gasteiger partial charge on any atom is 0.277 e. The Bertz CT molecular complexity index is 722. The number of methoxy groups -OCH3 is 1. The SMILES string of the molecule is COc1ccc(/C=N\NC(=O)COc2cccc(Br)c2)cc1F. The van der Waals surface area contributed by atoms with Crippen LogP contribution in [-0.2, 0) is 4.79 Å². The monoisotopic (exact) mass is 380 g/mol. The summed E-state index contributed by atoms with van der Waals surface area (Å²) in [5, 5.41) is 3.75. The van der Waals surface area contributed by atoms with Gasteiger partial charge < -0.3 is 9.47 Å². The third kappa shape index (κ3) is 5.37. The van der Waals surface area contributed by atoms with Crippen molar-refractivity contribution in [3.63, 3.8) is 0 Å². The lowest BCUT2D eigenvalue weighted by atomic mass is 10.2. The zero-order valence-corrected chi connectivity index (χ0v) is 13.8. The number of nitrogens with one attached hydrogen (secondary N) is 1. The molecule has 0 fully saturated rings. The van der Waals surface area contributed by atoms with Crippen LogP contribution in [0.15, 0.2) is 52.0 Å². The van der Waals surface area contributed by atoms with Gasteiger partial charge in [-0.15, -0.1) is 0 Å². The van der Waals surface area contributed by atoms with E-state index in [1.165, 1.54) is 25.5 Å². The fourth-order valence-corrected chi connectivity index (χ4v) is 2.06. The molecule has 0 saturated heterocycles. The van der Waals surface area contributed by atoms with Gasteiger partial charge >= 0.3 is 0 Å². The van der Waals surface area contributed by atoms with E-state index in [1.807, 2.05) is 6.07 Å². The van der Waals surface area contributed by atoms with Crippen molar-refractivity contribution in [3.05, 3.63) is 58.3 Å². The highest BCUT2D eigenvalue weighted by atomic mass is 79.9. The molecule has 0 aliphatic heterocycles. The number of halogens is 2. The first-order valence-electron chi connectivity index (χ1n) is 6.62. The van der Waals surface area contributed by atoms with Crippen molar-refractivity contribution in [2.45, 2.75) is 0 Å². The number of hydrogen-bond donors (Lipinski definition) is 1. The normalized spacial score (nSPS) is 10.6. The summed E-state index contributed by atoms with van der Waals surface area (Å²) < 4.78 is 24.5. The summed E-state index contributed by atoms with van der Waals surface area (Å²) in [5.74, 6) is -0.208. The van der Waals surface area contributed by atoms with Gasteiger partial charge in [-0.3, -0.25) is 4.79 Å². The molecule has 2 aromatic rings. The number of benzene rings is 2.